The summed E-state index contributed by atoms with van der Waals surface area (Å²) in [6.45, 7) is 1.43. The number of nitro benzene ring substituents is 1. The minimum atomic E-state index is -0.695. The molecule has 0 aromatic heterocycles. The van der Waals surface area contributed by atoms with E-state index in [-0.39, 0.29) is 23.6 Å². The van der Waals surface area contributed by atoms with Crippen LogP contribution in [0.3, 0.4) is 0 Å². The van der Waals surface area contributed by atoms with Crippen LogP contribution in [0, 0.1) is 10.1 Å². The van der Waals surface area contributed by atoms with Gasteiger partial charge in [-0.3, -0.25) is 30.9 Å². The van der Waals surface area contributed by atoms with Gasteiger partial charge in [-0.15, -0.1) is 0 Å². The highest BCUT2D eigenvalue weighted by Gasteiger charge is 2.34. The van der Waals surface area contributed by atoms with Gasteiger partial charge in [-0.2, -0.15) is 0 Å². The lowest BCUT2D eigenvalue weighted by Gasteiger charge is -2.33. The van der Waals surface area contributed by atoms with Crippen molar-refractivity contribution in [1.82, 2.24) is 5.32 Å². The number of benzene rings is 1. The Balaban J connectivity index is 2.54. The van der Waals surface area contributed by atoms with Crippen molar-refractivity contribution in [3.8, 4) is 0 Å². The Kier molecular flexibility index (Phi) is 3.53. The molecule has 1 heterocycles. The van der Waals surface area contributed by atoms with Gasteiger partial charge in [0.1, 0.15) is 17.4 Å². The first-order valence-electron chi connectivity index (χ1n) is 5.80. The van der Waals surface area contributed by atoms with Crippen molar-refractivity contribution < 1.29 is 14.5 Å². The summed E-state index contributed by atoms with van der Waals surface area (Å²) >= 11 is 0. The predicted molar refractivity (Wildman–Crippen MR) is 70.9 cm³/mol. The van der Waals surface area contributed by atoms with E-state index in [9.17, 15) is 19.7 Å². The highest BCUT2D eigenvalue weighted by Crippen LogP contribution is 2.36. The van der Waals surface area contributed by atoms with Gasteiger partial charge in [-0.1, -0.05) is 6.07 Å². The van der Waals surface area contributed by atoms with E-state index in [2.05, 4.69) is 10.7 Å². The molecule has 1 fully saturated rings. The summed E-state index contributed by atoms with van der Waals surface area (Å²) in [6.07, 6.45) is 0. The molecule has 1 atom stereocenters. The number of anilines is 2. The van der Waals surface area contributed by atoms with Crippen molar-refractivity contribution >= 4 is 28.9 Å². The second-order valence-electron chi connectivity index (χ2n) is 4.29. The number of carbonyl (C=O) groups excluding carboxylic acids is 2. The number of nitrogens with two attached hydrogens (primary N) is 1. The normalized spacial score (nSPS) is 18.7. The van der Waals surface area contributed by atoms with Gasteiger partial charge in [-0.05, 0) is 19.1 Å². The van der Waals surface area contributed by atoms with Crippen LogP contribution in [0.1, 0.15) is 6.92 Å². The number of nitro groups is 1. The van der Waals surface area contributed by atoms with Crippen LogP contribution in [0.5, 0.6) is 0 Å². The number of nitrogens with one attached hydrogen (secondary N) is 2. The highest BCUT2D eigenvalue weighted by molar-refractivity contribution is 6.05. The molecule has 1 aliphatic heterocycles. The lowest BCUT2D eigenvalue weighted by Crippen LogP contribution is -2.57. The third kappa shape index (κ3) is 2.26. The van der Waals surface area contributed by atoms with Crippen LogP contribution in [0.2, 0.25) is 0 Å². The van der Waals surface area contributed by atoms with Crippen molar-refractivity contribution in [3.63, 3.8) is 0 Å². The van der Waals surface area contributed by atoms with Gasteiger partial charge in [0.2, 0.25) is 11.8 Å². The first kappa shape index (κ1) is 13.7. The van der Waals surface area contributed by atoms with Crippen LogP contribution >= 0.6 is 0 Å². The Hall–Kier alpha value is -2.68. The third-order valence-electron chi connectivity index (χ3n) is 3.09. The number of hydrogen-bond donors (Lipinski definition) is 3. The molecule has 1 unspecified atom stereocenters. The predicted octanol–water partition coefficient (Wildman–Crippen LogP) is -0.268. The van der Waals surface area contributed by atoms with E-state index in [0.29, 0.717) is 0 Å². The van der Waals surface area contributed by atoms with Crippen molar-refractivity contribution in [2.45, 2.75) is 13.0 Å². The fraction of sp³-hybridized carbons (Fsp3) is 0.273. The van der Waals surface area contributed by atoms with Crippen molar-refractivity contribution in [1.29, 1.82) is 0 Å². The van der Waals surface area contributed by atoms with E-state index < -0.39 is 22.8 Å². The highest BCUT2D eigenvalue weighted by atomic mass is 16.6. The zero-order valence-corrected chi connectivity index (χ0v) is 10.6. The number of piperazine rings is 1. The molecule has 0 saturated carbocycles. The van der Waals surface area contributed by atoms with Crippen LogP contribution in [0.25, 0.3) is 0 Å². The van der Waals surface area contributed by atoms with Crippen LogP contribution < -0.4 is 21.5 Å². The molecule has 1 aliphatic rings. The van der Waals surface area contributed by atoms with Crippen LogP contribution in [0.15, 0.2) is 18.2 Å². The number of carbonyl (C=O) groups is 2. The quantitative estimate of drug-likeness (QED) is 0.300. The molecule has 0 bridgehead atoms. The molecule has 4 N–H and O–H groups in total. The van der Waals surface area contributed by atoms with Gasteiger partial charge in [0.15, 0.2) is 0 Å². The molecular weight excluding hydrogens is 266 g/mol. The smallest absolute Gasteiger partial charge is 0.316 e. The maximum absolute atomic E-state index is 11.6. The van der Waals surface area contributed by atoms with E-state index >= 15 is 0 Å². The van der Waals surface area contributed by atoms with Gasteiger partial charge in [0.25, 0.3) is 0 Å². The van der Waals surface area contributed by atoms with Crippen molar-refractivity contribution in [2.24, 2.45) is 5.84 Å². The number of para-hydroxylation sites is 1. The van der Waals surface area contributed by atoms with E-state index in [4.69, 9.17) is 5.84 Å². The zero-order chi connectivity index (χ0) is 14.9. The van der Waals surface area contributed by atoms with E-state index in [1.54, 1.807) is 13.0 Å². The van der Waals surface area contributed by atoms with Crippen LogP contribution in [0.4, 0.5) is 17.1 Å². The van der Waals surface area contributed by atoms with Gasteiger partial charge in [0.05, 0.1) is 11.5 Å². The van der Waals surface area contributed by atoms with Gasteiger partial charge in [-0.25, -0.2) is 0 Å². The molecule has 0 spiro atoms. The van der Waals surface area contributed by atoms with E-state index in [1.807, 2.05) is 0 Å². The second kappa shape index (κ2) is 5.13. The molecule has 20 heavy (non-hydrogen) atoms. The Morgan fingerprint density at radius 2 is 2.20 bits per heavy atom. The molecule has 106 valence electrons. The zero-order valence-electron chi connectivity index (χ0n) is 10.6. The summed E-state index contributed by atoms with van der Waals surface area (Å²) in [7, 11) is 0. The number of nitrogens with zero attached hydrogens (tertiary/aromatic N) is 2. The fourth-order valence-electron chi connectivity index (χ4n) is 2.08. The molecule has 2 rings (SSSR count). The summed E-state index contributed by atoms with van der Waals surface area (Å²) in [5.41, 5.74) is 2.24. The molecule has 0 aliphatic carbocycles. The number of hydrazine groups is 1. The SMILES string of the molecule is CC1C(=O)NC(=O)CN1c1cccc(NN)c1[N+](=O)[O-]. The Labute approximate surface area is 113 Å². The maximum atomic E-state index is 11.6. The topological polar surface area (TPSA) is 131 Å². The Morgan fingerprint density at radius 1 is 1.50 bits per heavy atom. The number of rotatable bonds is 3. The molecule has 0 radical (unpaired) electrons. The van der Waals surface area contributed by atoms with Crippen LogP contribution in [-0.4, -0.2) is 29.3 Å². The number of hydrogen-bond acceptors (Lipinski definition) is 7. The molecule has 2 amide bonds. The summed E-state index contributed by atoms with van der Waals surface area (Å²) in [4.78, 5) is 35.1. The number of imide groups is 1. The van der Waals surface area contributed by atoms with Crippen LogP contribution in [-0.2, 0) is 9.59 Å². The van der Waals surface area contributed by atoms with Gasteiger partial charge >= 0.3 is 5.69 Å². The monoisotopic (exact) mass is 279 g/mol. The maximum Gasteiger partial charge on any atom is 0.316 e. The second-order valence-corrected chi connectivity index (χ2v) is 4.29. The average molecular weight is 279 g/mol. The molecule has 9 heteroatoms. The largest absolute Gasteiger partial charge is 0.345 e. The summed E-state index contributed by atoms with van der Waals surface area (Å²) in [5, 5.41) is 13.4. The molecule has 1 aromatic rings. The Bertz CT molecular complexity index is 588. The minimum Gasteiger partial charge on any atom is -0.345 e. The van der Waals surface area contributed by atoms with Gasteiger partial charge in [0, 0.05) is 0 Å². The average Bonchev–Trinajstić information content (AvgIpc) is 2.41. The summed E-state index contributed by atoms with van der Waals surface area (Å²) < 4.78 is 0. The molecule has 1 aromatic carbocycles. The number of amides is 2. The molecule has 9 nitrogen and oxygen atoms in total. The van der Waals surface area contributed by atoms with Crippen molar-refractivity contribution in [2.75, 3.05) is 16.9 Å². The summed E-state index contributed by atoms with van der Waals surface area (Å²) in [5.74, 6) is 4.25. The van der Waals surface area contributed by atoms with E-state index in [0.717, 1.165) is 0 Å². The summed E-state index contributed by atoms with van der Waals surface area (Å²) in [6, 6.07) is 3.78. The van der Waals surface area contributed by atoms with E-state index in [1.165, 1.54) is 17.0 Å². The molecule has 1 saturated heterocycles. The number of nitrogen functional groups attached to an aromatic ring is 1. The first-order chi connectivity index (χ1) is 9.45. The standard InChI is InChI=1S/C11H13N5O4/c1-6-11(18)13-9(17)5-15(6)8-4-2-3-7(14-12)10(8)16(19)20/h2-4,6,14H,5,12H2,1H3,(H,13,17,18). The van der Waals surface area contributed by atoms with Crippen molar-refractivity contribution in [3.05, 3.63) is 28.3 Å². The molecular formula is C11H13N5O4. The first-order valence-corrected chi connectivity index (χ1v) is 5.80. The lowest BCUT2D eigenvalue weighted by atomic mass is 10.1. The lowest BCUT2D eigenvalue weighted by molar-refractivity contribution is -0.383. The Morgan fingerprint density at radius 3 is 2.80 bits per heavy atom. The van der Waals surface area contributed by atoms with Gasteiger partial charge < -0.3 is 10.3 Å². The minimum absolute atomic E-state index is 0.109. The fourth-order valence-corrected chi connectivity index (χ4v) is 2.08. The third-order valence-corrected chi connectivity index (χ3v) is 3.09.